The van der Waals surface area contributed by atoms with Crippen LogP contribution in [0.1, 0.15) is 32.6 Å². The van der Waals surface area contributed by atoms with Crippen LogP contribution in [0.15, 0.2) is 18.2 Å². The lowest BCUT2D eigenvalue weighted by molar-refractivity contribution is 0.405. The molecule has 1 aromatic carbocycles. The molecular formula is C15H24N2O2S. The third kappa shape index (κ3) is 5.65. The first kappa shape index (κ1) is 16.6. The Hall–Kier alpha value is -1.49. The van der Waals surface area contributed by atoms with E-state index in [1.54, 1.807) is 14.2 Å². The molecule has 0 bridgehead atoms. The Kier molecular flexibility index (Phi) is 7.80. The summed E-state index contributed by atoms with van der Waals surface area (Å²) in [7, 11) is 3.27. The second kappa shape index (κ2) is 9.42. The van der Waals surface area contributed by atoms with Crippen molar-refractivity contribution < 1.29 is 9.47 Å². The van der Waals surface area contributed by atoms with Gasteiger partial charge in [-0.2, -0.15) is 0 Å². The normalized spacial score (nSPS) is 9.95. The van der Waals surface area contributed by atoms with Gasteiger partial charge in [-0.3, -0.25) is 0 Å². The molecule has 0 saturated carbocycles. The molecule has 0 aliphatic rings. The third-order valence-corrected chi connectivity index (χ3v) is 3.22. The minimum atomic E-state index is 0.605. The van der Waals surface area contributed by atoms with E-state index >= 15 is 0 Å². The van der Waals surface area contributed by atoms with Crippen molar-refractivity contribution >= 4 is 23.0 Å². The summed E-state index contributed by atoms with van der Waals surface area (Å²) in [5.41, 5.74) is 0.804. The number of nitrogens with one attached hydrogen (secondary N) is 2. The van der Waals surface area contributed by atoms with Gasteiger partial charge in [0.05, 0.1) is 19.9 Å². The van der Waals surface area contributed by atoms with Crippen molar-refractivity contribution in [1.29, 1.82) is 0 Å². The quantitative estimate of drug-likeness (QED) is 0.567. The summed E-state index contributed by atoms with van der Waals surface area (Å²) in [6, 6.07) is 5.57. The van der Waals surface area contributed by atoms with E-state index in [1.807, 2.05) is 18.2 Å². The second-order valence-electron chi connectivity index (χ2n) is 4.51. The van der Waals surface area contributed by atoms with Crippen LogP contribution in [0.2, 0.25) is 0 Å². The van der Waals surface area contributed by atoms with Gasteiger partial charge in [-0.1, -0.05) is 26.2 Å². The Balaban J connectivity index is 2.48. The monoisotopic (exact) mass is 296 g/mol. The fourth-order valence-electron chi connectivity index (χ4n) is 1.83. The fourth-order valence-corrected chi connectivity index (χ4v) is 2.04. The fraction of sp³-hybridized carbons (Fsp3) is 0.533. The third-order valence-electron chi connectivity index (χ3n) is 2.97. The predicted molar refractivity (Wildman–Crippen MR) is 87.9 cm³/mol. The Morgan fingerprint density at radius 2 is 1.95 bits per heavy atom. The molecule has 112 valence electrons. The van der Waals surface area contributed by atoms with Crippen molar-refractivity contribution in [1.82, 2.24) is 5.32 Å². The van der Waals surface area contributed by atoms with E-state index in [9.17, 15) is 0 Å². The topological polar surface area (TPSA) is 42.5 Å². The summed E-state index contributed by atoms with van der Waals surface area (Å²) < 4.78 is 10.5. The molecule has 0 fully saturated rings. The van der Waals surface area contributed by atoms with Crippen LogP contribution < -0.4 is 20.1 Å². The minimum Gasteiger partial charge on any atom is -0.497 e. The number of anilines is 1. The summed E-state index contributed by atoms with van der Waals surface area (Å²) in [5, 5.41) is 6.95. The van der Waals surface area contributed by atoms with Crippen LogP contribution in [0.3, 0.4) is 0 Å². The molecule has 1 aromatic rings. The number of hydrogen-bond acceptors (Lipinski definition) is 3. The molecule has 1 rings (SSSR count). The van der Waals surface area contributed by atoms with Crippen molar-refractivity contribution in [3.63, 3.8) is 0 Å². The van der Waals surface area contributed by atoms with E-state index < -0.39 is 0 Å². The van der Waals surface area contributed by atoms with Crippen molar-refractivity contribution in [3.8, 4) is 11.5 Å². The predicted octanol–water partition coefficient (Wildman–Crippen LogP) is 3.57. The number of benzene rings is 1. The van der Waals surface area contributed by atoms with Crippen LogP contribution in [-0.4, -0.2) is 25.9 Å². The Labute approximate surface area is 126 Å². The number of thiocarbonyl (C=S) groups is 1. The van der Waals surface area contributed by atoms with E-state index in [-0.39, 0.29) is 0 Å². The lowest BCUT2D eigenvalue weighted by atomic mass is 10.2. The van der Waals surface area contributed by atoms with Crippen LogP contribution in [0, 0.1) is 0 Å². The van der Waals surface area contributed by atoms with Gasteiger partial charge in [-0.15, -0.1) is 0 Å². The summed E-state index contributed by atoms with van der Waals surface area (Å²) in [5.74, 6) is 1.50. The van der Waals surface area contributed by atoms with Gasteiger partial charge < -0.3 is 20.1 Å². The smallest absolute Gasteiger partial charge is 0.170 e. The van der Waals surface area contributed by atoms with Gasteiger partial charge in [0.2, 0.25) is 0 Å². The molecule has 4 nitrogen and oxygen atoms in total. The zero-order valence-corrected chi connectivity index (χ0v) is 13.3. The summed E-state index contributed by atoms with van der Waals surface area (Å²) >= 11 is 5.28. The molecule has 20 heavy (non-hydrogen) atoms. The minimum absolute atomic E-state index is 0.605. The zero-order chi connectivity index (χ0) is 14.8. The zero-order valence-electron chi connectivity index (χ0n) is 12.5. The average molecular weight is 296 g/mol. The Bertz CT molecular complexity index is 424. The van der Waals surface area contributed by atoms with Crippen molar-refractivity contribution in [2.45, 2.75) is 32.6 Å². The maximum absolute atomic E-state index is 5.30. The molecule has 0 unspecified atom stereocenters. The van der Waals surface area contributed by atoms with Gasteiger partial charge in [0.25, 0.3) is 0 Å². The molecule has 2 N–H and O–H groups in total. The number of ether oxygens (including phenoxy) is 2. The lowest BCUT2D eigenvalue weighted by Gasteiger charge is -2.14. The molecule has 0 aliphatic carbocycles. The van der Waals surface area contributed by atoms with Crippen molar-refractivity contribution in [2.24, 2.45) is 0 Å². The highest BCUT2D eigenvalue weighted by molar-refractivity contribution is 7.80. The summed E-state index contributed by atoms with van der Waals surface area (Å²) in [6.45, 7) is 3.09. The maximum atomic E-state index is 5.30. The first-order chi connectivity index (χ1) is 9.71. The molecule has 0 saturated heterocycles. The number of methoxy groups -OCH3 is 2. The van der Waals surface area contributed by atoms with Gasteiger partial charge in [-0.05, 0) is 30.8 Å². The van der Waals surface area contributed by atoms with Gasteiger partial charge >= 0.3 is 0 Å². The number of unbranched alkanes of at least 4 members (excludes halogenated alkanes) is 3. The van der Waals surface area contributed by atoms with Crippen LogP contribution >= 0.6 is 12.2 Å². The standard InChI is InChI=1S/C15H24N2O2S/c1-4-5-6-7-10-16-15(20)17-13-11-12(18-2)8-9-14(13)19-3/h8-9,11H,4-7,10H2,1-3H3,(H2,16,17,20). The van der Waals surface area contributed by atoms with Crippen molar-refractivity contribution in [3.05, 3.63) is 18.2 Å². The lowest BCUT2D eigenvalue weighted by Crippen LogP contribution is -2.29. The van der Waals surface area contributed by atoms with Gasteiger partial charge in [0.1, 0.15) is 11.5 Å². The SMILES string of the molecule is CCCCCCNC(=S)Nc1cc(OC)ccc1OC. The largest absolute Gasteiger partial charge is 0.497 e. The average Bonchev–Trinajstić information content (AvgIpc) is 2.47. The van der Waals surface area contributed by atoms with Gasteiger partial charge in [0, 0.05) is 12.6 Å². The van der Waals surface area contributed by atoms with E-state index in [0.29, 0.717) is 5.11 Å². The highest BCUT2D eigenvalue weighted by atomic mass is 32.1. The molecule has 0 heterocycles. The number of rotatable bonds is 8. The summed E-state index contributed by atoms with van der Waals surface area (Å²) in [6.07, 6.45) is 4.87. The van der Waals surface area contributed by atoms with E-state index in [1.165, 1.54) is 19.3 Å². The van der Waals surface area contributed by atoms with Crippen molar-refractivity contribution in [2.75, 3.05) is 26.1 Å². The Morgan fingerprint density at radius 1 is 1.15 bits per heavy atom. The van der Waals surface area contributed by atoms with Crippen LogP contribution in [0.4, 0.5) is 5.69 Å². The first-order valence-corrected chi connectivity index (χ1v) is 7.39. The van der Waals surface area contributed by atoms with E-state index in [0.717, 1.165) is 30.2 Å². The maximum Gasteiger partial charge on any atom is 0.170 e. The molecule has 0 aromatic heterocycles. The second-order valence-corrected chi connectivity index (χ2v) is 4.92. The van der Waals surface area contributed by atoms with E-state index in [4.69, 9.17) is 21.7 Å². The molecule has 0 spiro atoms. The molecular weight excluding hydrogens is 272 g/mol. The molecule has 0 radical (unpaired) electrons. The Morgan fingerprint density at radius 3 is 2.60 bits per heavy atom. The van der Waals surface area contributed by atoms with Crippen LogP contribution in [-0.2, 0) is 0 Å². The van der Waals surface area contributed by atoms with Gasteiger partial charge in [0.15, 0.2) is 5.11 Å². The molecule has 0 aliphatic heterocycles. The number of hydrogen-bond donors (Lipinski definition) is 2. The molecule has 5 heteroatoms. The highest BCUT2D eigenvalue weighted by Gasteiger charge is 2.06. The molecule has 0 atom stereocenters. The van der Waals surface area contributed by atoms with Crippen LogP contribution in [0.25, 0.3) is 0 Å². The van der Waals surface area contributed by atoms with E-state index in [2.05, 4.69) is 17.6 Å². The van der Waals surface area contributed by atoms with Crippen LogP contribution in [0.5, 0.6) is 11.5 Å². The summed E-state index contributed by atoms with van der Waals surface area (Å²) in [4.78, 5) is 0. The van der Waals surface area contributed by atoms with Gasteiger partial charge in [-0.25, -0.2) is 0 Å². The molecule has 0 amide bonds. The first-order valence-electron chi connectivity index (χ1n) is 6.98. The highest BCUT2D eigenvalue weighted by Crippen LogP contribution is 2.28.